The van der Waals surface area contributed by atoms with Crippen LogP contribution in [0.2, 0.25) is 0 Å². The number of rotatable bonds is 1. The molecule has 1 N–H and O–H groups in total. The van der Waals surface area contributed by atoms with Crippen molar-refractivity contribution < 1.29 is 0 Å². The molecule has 1 aromatic carbocycles. The molecule has 2 aromatic rings. The number of benzene rings is 1. The Hall–Kier alpha value is -1.83. The number of aromatic nitrogens is 2. The number of para-hydroxylation sites is 1. The second-order valence-electron chi connectivity index (χ2n) is 5.34. The average molecular weight is 238 g/mol. The first-order valence-electron chi connectivity index (χ1n) is 6.41. The number of nitrogens with one attached hydrogen (secondary N) is 1. The normalized spacial score (nSPS) is 23.4. The van der Waals surface area contributed by atoms with Crippen molar-refractivity contribution in [3.05, 3.63) is 53.4 Å². The Morgan fingerprint density at radius 2 is 2.11 bits per heavy atom. The van der Waals surface area contributed by atoms with Crippen molar-refractivity contribution in [1.82, 2.24) is 9.97 Å². The molecule has 0 saturated carbocycles. The lowest BCUT2D eigenvalue weighted by Crippen LogP contribution is -2.24. The molecule has 1 aliphatic rings. The molecule has 2 heteroatoms. The van der Waals surface area contributed by atoms with E-state index in [0.717, 1.165) is 23.3 Å². The lowest BCUT2D eigenvalue weighted by atomic mass is 9.71. The number of aryl methyl sites for hydroxylation is 1. The van der Waals surface area contributed by atoms with Crippen LogP contribution < -0.4 is 0 Å². The van der Waals surface area contributed by atoms with Crippen LogP contribution in [0.5, 0.6) is 0 Å². The largest absolute Gasteiger partial charge is 0.342 e. The Bertz CT molecular complexity index is 661. The summed E-state index contributed by atoms with van der Waals surface area (Å²) in [5.41, 5.74) is 5.03. The van der Waals surface area contributed by atoms with E-state index >= 15 is 0 Å². The first-order valence-corrected chi connectivity index (χ1v) is 6.41. The molecular weight excluding hydrogens is 220 g/mol. The third kappa shape index (κ3) is 1.52. The van der Waals surface area contributed by atoms with Crippen LogP contribution in [-0.2, 0) is 5.41 Å². The van der Waals surface area contributed by atoms with Crippen LogP contribution in [0.3, 0.4) is 0 Å². The van der Waals surface area contributed by atoms with Gasteiger partial charge in [-0.2, -0.15) is 0 Å². The van der Waals surface area contributed by atoms with Gasteiger partial charge in [0.15, 0.2) is 0 Å². The highest BCUT2D eigenvalue weighted by Gasteiger charge is 2.31. The Morgan fingerprint density at radius 1 is 1.28 bits per heavy atom. The molecule has 0 amide bonds. The second kappa shape index (κ2) is 3.84. The summed E-state index contributed by atoms with van der Waals surface area (Å²) in [5, 5.41) is 0. The molecule has 18 heavy (non-hydrogen) atoms. The van der Waals surface area contributed by atoms with Crippen molar-refractivity contribution in [3.63, 3.8) is 0 Å². The number of aromatic amines is 1. The molecule has 0 spiro atoms. The van der Waals surface area contributed by atoms with E-state index in [0.29, 0.717) is 0 Å². The van der Waals surface area contributed by atoms with Gasteiger partial charge in [0, 0.05) is 5.41 Å². The minimum Gasteiger partial charge on any atom is -0.342 e. The zero-order valence-electron chi connectivity index (χ0n) is 11.1. The number of imidazole rings is 1. The Balaban J connectivity index is 2.26. The molecule has 0 radical (unpaired) electrons. The minimum absolute atomic E-state index is 0.0654. The summed E-state index contributed by atoms with van der Waals surface area (Å²) < 4.78 is 0. The predicted octanol–water partition coefficient (Wildman–Crippen LogP) is 4.04. The van der Waals surface area contributed by atoms with Gasteiger partial charge in [-0.1, -0.05) is 42.9 Å². The predicted molar refractivity (Wildman–Crippen MR) is 75.7 cm³/mol. The molecule has 1 aliphatic carbocycles. The van der Waals surface area contributed by atoms with E-state index < -0.39 is 0 Å². The molecule has 0 saturated heterocycles. The SMILES string of the molecule is CC1=CC=CCC1(C)c1cccc2[nH]c(C)nc12. The summed E-state index contributed by atoms with van der Waals surface area (Å²) in [6, 6.07) is 6.42. The molecule has 2 nitrogen and oxygen atoms in total. The second-order valence-corrected chi connectivity index (χ2v) is 5.34. The molecule has 1 unspecified atom stereocenters. The molecular formula is C16H18N2. The number of hydrogen-bond acceptors (Lipinski definition) is 1. The molecule has 0 fully saturated rings. The monoisotopic (exact) mass is 238 g/mol. The van der Waals surface area contributed by atoms with Crippen LogP contribution in [0.4, 0.5) is 0 Å². The fraction of sp³-hybridized carbons (Fsp3) is 0.312. The van der Waals surface area contributed by atoms with Gasteiger partial charge in [0.1, 0.15) is 5.82 Å². The Labute approximate surface area is 107 Å². The lowest BCUT2D eigenvalue weighted by Gasteiger charge is -2.32. The number of allylic oxidation sites excluding steroid dienone is 4. The van der Waals surface area contributed by atoms with Gasteiger partial charge in [0.05, 0.1) is 11.0 Å². The first-order chi connectivity index (χ1) is 8.61. The Morgan fingerprint density at radius 3 is 2.89 bits per heavy atom. The fourth-order valence-electron chi connectivity index (χ4n) is 2.78. The average Bonchev–Trinajstić information content (AvgIpc) is 2.72. The minimum atomic E-state index is 0.0654. The van der Waals surface area contributed by atoms with Crippen molar-refractivity contribution in [2.75, 3.05) is 0 Å². The van der Waals surface area contributed by atoms with Crippen LogP contribution in [0, 0.1) is 6.92 Å². The first kappa shape index (κ1) is 11.3. The van der Waals surface area contributed by atoms with E-state index in [1.54, 1.807) is 0 Å². The van der Waals surface area contributed by atoms with Gasteiger partial charge in [-0.05, 0) is 31.9 Å². The van der Waals surface area contributed by atoms with Crippen molar-refractivity contribution in [2.45, 2.75) is 32.6 Å². The zero-order valence-corrected chi connectivity index (χ0v) is 11.1. The van der Waals surface area contributed by atoms with Gasteiger partial charge >= 0.3 is 0 Å². The smallest absolute Gasteiger partial charge is 0.104 e. The van der Waals surface area contributed by atoms with Crippen LogP contribution in [-0.4, -0.2) is 9.97 Å². The molecule has 1 aromatic heterocycles. The summed E-state index contributed by atoms with van der Waals surface area (Å²) in [7, 11) is 0. The summed E-state index contributed by atoms with van der Waals surface area (Å²) in [4.78, 5) is 7.98. The molecule has 92 valence electrons. The topological polar surface area (TPSA) is 28.7 Å². The highest BCUT2D eigenvalue weighted by atomic mass is 14.9. The highest BCUT2D eigenvalue weighted by Crippen LogP contribution is 2.40. The summed E-state index contributed by atoms with van der Waals surface area (Å²) in [6.07, 6.45) is 7.64. The summed E-state index contributed by atoms with van der Waals surface area (Å²) >= 11 is 0. The molecule has 1 heterocycles. The van der Waals surface area contributed by atoms with Crippen LogP contribution in [0.1, 0.15) is 31.7 Å². The van der Waals surface area contributed by atoms with E-state index in [1.807, 2.05) is 6.92 Å². The molecule has 0 aliphatic heterocycles. The van der Waals surface area contributed by atoms with Gasteiger partial charge in [-0.3, -0.25) is 0 Å². The van der Waals surface area contributed by atoms with Gasteiger partial charge in [0.2, 0.25) is 0 Å². The molecule has 1 atom stereocenters. The van der Waals surface area contributed by atoms with Gasteiger partial charge in [-0.15, -0.1) is 0 Å². The van der Waals surface area contributed by atoms with Gasteiger partial charge in [0.25, 0.3) is 0 Å². The number of nitrogens with zero attached hydrogens (tertiary/aromatic N) is 1. The van der Waals surface area contributed by atoms with Crippen molar-refractivity contribution in [1.29, 1.82) is 0 Å². The van der Waals surface area contributed by atoms with Crippen molar-refractivity contribution in [3.8, 4) is 0 Å². The molecule has 0 bridgehead atoms. The fourth-order valence-corrected chi connectivity index (χ4v) is 2.78. The summed E-state index contributed by atoms with van der Waals surface area (Å²) in [5.74, 6) is 0.981. The van der Waals surface area contributed by atoms with E-state index in [9.17, 15) is 0 Å². The van der Waals surface area contributed by atoms with E-state index in [4.69, 9.17) is 0 Å². The lowest BCUT2D eigenvalue weighted by molar-refractivity contribution is 0.563. The zero-order chi connectivity index (χ0) is 12.8. The maximum atomic E-state index is 4.66. The number of hydrogen-bond donors (Lipinski definition) is 1. The van der Waals surface area contributed by atoms with Crippen LogP contribution >= 0.6 is 0 Å². The van der Waals surface area contributed by atoms with Crippen molar-refractivity contribution >= 4 is 11.0 Å². The Kier molecular flexibility index (Phi) is 2.40. The third-order valence-corrected chi connectivity index (χ3v) is 4.10. The molecule has 3 rings (SSSR count). The van der Waals surface area contributed by atoms with E-state index in [1.165, 1.54) is 11.1 Å². The standard InChI is InChI=1S/C16H18N2/c1-11-7-4-5-10-16(11,3)13-8-6-9-14-15(13)18-12(2)17-14/h4-9H,10H2,1-3H3,(H,17,18). The van der Waals surface area contributed by atoms with Crippen molar-refractivity contribution in [2.24, 2.45) is 0 Å². The van der Waals surface area contributed by atoms with E-state index in [2.05, 4.69) is 60.2 Å². The highest BCUT2D eigenvalue weighted by molar-refractivity contribution is 5.80. The third-order valence-electron chi connectivity index (χ3n) is 4.10. The number of H-pyrrole nitrogens is 1. The maximum Gasteiger partial charge on any atom is 0.104 e. The van der Waals surface area contributed by atoms with Crippen LogP contribution in [0.15, 0.2) is 42.0 Å². The maximum absolute atomic E-state index is 4.66. The number of fused-ring (bicyclic) bond motifs is 1. The summed E-state index contributed by atoms with van der Waals surface area (Å²) in [6.45, 7) is 6.53. The van der Waals surface area contributed by atoms with E-state index in [-0.39, 0.29) is 5.41 Å². The van der Waals surface area contributed by atoms with Gasteiger partial charge < -0.3 is 4.98 Å². The van der Waals surface area contributed by atoms with Crippen LogP contribution in [0.25, 0.3) is 11.0 Å². The quantitative estimate of drug-likeness (QED) is 0.798. The van der Waals surface area contributed by atoms with Gasteiger partial charge in [-0.25, -0.2) is 4.98 Å².